The van der Waals surface area contributed by atoms with E-state index in [0.717, 1.165) is 17.7 Å². The van der Waals surface area contributed by atoms with Gasteiger partial charge in [0.1, 0.15) is 5.52 Å². The van der Waals surface area contributed by atoms with Crippen LogP contribution < -0.4 is 0 Å². The molecule has 2 heterocycles. The van der Waals surface area contributed by atoms with Gasteiger partial charge in [-0.3, -0.25) is 4.55 Å². The van der Waals surface area contributed by atoms with Gasteiger partial charge in [-0.1, -0.05) is 13.8 Å². The molecule has 2 rings (SSSR count). The SMILES string of the molecule is CC(C)Cn1cnc2cccnc21.CS(=O)(=O)O. The van der Waals surface area contributed by atoms with E-state index in [0.29, 0.717) is 12.2 Å². The lowest BCUT2D eigenvalue weighted by molar-refractivity contribution is 0.490. The molecule has 7 heteroatoms. The molecular weight excluding hydrogens is 254 g/mol. The Bertz CT molecular complexity index is 597. The maximum Gasteiger partial charge on any atom is 0.261 e. The van der Waals surface area contributed by atoms with Gasteiger partial charge in [-0.05, 0) is 18.1 Å². The molecule has 0 unspecified atom stereocenters. The van der Waals surface area contributed by atoms with E-state index in [1.54, 1.807) is 6.20 Å². The number of hydrogen-bond donors (Lipinski definition) is 1. The van der Waals surface area contributed by atoms with Crippen molar-refractivity contribution >= 4 is 21.3 Å². The van der Waals surface area contributed by atoms with E-state index in [1.165, 1.54) is 0 Å². The van der Waals surface area contributed by atoms with Gasteiger partial charge < -0.3 is 4.57 Å². The van der Waals surface area contributed by atoms with E-state index in [9.17, 15) is 8.42 Å². The van der Waals surface area contributed by atoms with Crippen molar-refractivity contribution in [1.29, 1.82) is 0 Å². The normalized spacial score (nSPS) is 11.4. The first-order chi connectivity index (χ1) is 8.27. The quantitative estimate of drug-likeness (QED) is 0.838. The zero-order valence-corrected chi connectivity index (χ0v) is 11.4. The third-order valence-electron chi connectivity index (χ3n) is 1.94. The fraction of sp³-hybridized carbons (Fsp3) is 0.455. The van der Waals surface area contributed by atoms with Gasteiger partial charge in [0.25, 0.3) is 10.1 Å². The van der Waals surface area contributed by atoms with E-state index in [1.807, 2.05) is 18.5 Å². The molecule has 0 aliphatic rings. The van der Waals surface area contributed by atoms with Crippen LogP contribution in [0.25, 0.3) is 11.2 Å². The molecule has 0 aromatic carbocycles. The first kappa shape index (κ1) is 14.6. The summed E-state index contributed by atoms with van der Waals surface area (Å²) in [6.45, 7) is 5.36. The molecule has 0 saturated heterocycles. The van der Waals surface area contributed by atoms with Crippen LogP contribution in [0.5, 0.6) is 0 Å². The van der Waals surface area contributed by atoms with Crippen LogP contribution in [0.4, 0.5) is 0 Å². The Balaban J connectivity index is 0.000000280. The van der Waals surface area contributed by atoms with Crippen LogP contribution in [-0.2, 0) is 16.7 Å². The van der Waals surface area contributed by atoms with Crippen molar-refractivity contribution in [3.8, 4) is 0 Å². The molecule has 0 radical (unpaired) electrons. The average Bonchev–Trinajstić information content (AvgIpc) is 2.59. The molecule has 0 aliphatic carbocycles. The summed E-state index contributed by atoms with van der Waals surface area (Å²) in [5, 5.41) is 0. The number of imidazole rings is 1. The van der Waals surface area contributed by atoms with E-state index in [-0.39, 0.29) is 0 Å². The predicted octanol–water partition coefficient (Wildman–Crippen LogP) is 1.59. The first-order valence-corrected chi connectivity index (χ1v) is 7.30. The summed E-state index contributed by atoms with van der Waals surface area (Å²) in [4.78, 5) is 8.57. The van der Waals surface area contributed by atoms with Gasteiger partial charge in [-0.25, -0.2) is 9.97 Å². The van der Waals surface area contributed by atoms with Crippen molar-refractivity contribution in [2.45, 2.75) is 20.4 Å². The lowest BCUT2D eigenvalue weighted by Crippen LogP contribution is -2.03. The van der Waals surface area contributed by atoms with E-state index in [4.69, 9.17) is 4.55 Å². The molecule has 1 N–H and O–H groups in total. The van der Waals surface area contributed by atoms with E-state index >= 15 is 0 Å². The number of nitrogens with zero attached hydrogens (tertiary/aromatic N) is 3. The summed E-state index contributed by atoms with van der Waals surface area (Å²) in [7, 11) is -3.67. The molecule has 2 aromatic heterocycles. The Hall–Kier alpha value is -1.47. The molecule has 0 saturated carbocycles. The number of fused-ring (bicyclic) bond motifs is 1. The minimum atomic E-state index is -3.67. The third kappa shape index (κ3) is 5.24. The predicted molar refractivity (Wildman–Crippen MR) is 69.8 cm³/mol. The molecule has 2 aromatic rings. The van der Waals surface area contributed by atoms with Crippen molar-refractivity contribution in [2.24, 2.45) is 5.92 Å². The molecule has 18 heavy (non-hydrogen) atoms. The van der Waals surface area contributed by atoms with Gasteiger partial charge in [0, 0.05) is 12.7 Å². The van der Waals surface area contributed by atoms with Gasteiger partial charge in [-0.15, -0.1) is 0 Å². The molecule has 0 aliphatic heterocycles. The maximum absolute atomic E-state index is 9.19. The standard InChI is InChI=1S/C10H13N3.CH4O3S/c1-8(2)6-13-7-12-9-4-3-5-11-10(9)13;1-5(2,3)4/h3-5,7-8H,6H2,1-2H3;1H3,(H,2,3,4). The monoisotopic (exact) mass is 271 g/mol. The van der Waals surface area contributed by atoms with Crippen LogP contribution in [0.1, 0.15) is 13.8 Å². The van der Waals surface area contributed by atoms with Gasteiger partial charge in [-0.2, -0.15) is 8.42 Å². The molecule has 6 nitrogen and oxygen atoms in total. The highest BCUT2D eigenvalue weighted by atomic mass is 32.2. The van der Waals surface area contributed by atoms with Crippen molar-refractivity contribution in [3.63, 3.8) is 0 Å². The van der Waals surface area contributed by atoms with Gasteiger partial charge in [0.05, 0.1) is 12.6 Å². The molecule has 0 spiro atoms. The molecular formula is C11H17N3O3S. The maximum atomic E-state index is 9.19. The number of rotatable bonds is 2. The van der Waals surface area contributed by atoms with Crippen molar-refractivity contribution < 1.29 is 13.0 Å². The summed E-state index contributed by atoms with van der Waals surface area (Å²) < 4.78 is 28.0. The largest absolute Gasteiger partial charge is 0.315 e. The first-order valence-electron chi connectivity index (χ1n) is 5.45. The summed E-state index contributed by atoms with van der Waals surface area (Å²) in [5.74, 6) is 0.624. The second-order valence-corrected chi connectivity index (χ2v) is 5.84. The second-order valence-electron chi connectivity index (χ2n) is 4.37. The Morgan fingerprint density at radius 3 is 2.56 bits per heavy atom. The lowest BCUT2D eigenvalue weighted by Gasteiger charge is -2.05. The Morgan fingerprint density at radius 1 is 1.39 bits per heavy atom. The van der Waals surface area contributed by atoms with Crippen molar-refractivity contribution in [1.82, 2.24) is 14.5 Å². The van der Waals surface area contributed by atoms with Gasteiger partial charge in [0.15, 0.2) is 5.65 Å². The average molecular weight is 271 g/mol. The van der Waals surface area contributed by atoms with Crippen LogP contribution >= 0.6 is 0 Å². The highest BCUT2D eigenvalue weighted by Crippen LogP contribution is 2.10. The second kappa shape index (κ2) is 5.92. The van der Waals surface area contributed by atoms with Crippen LogP contribution in [0, 0.1) is 5.92 Å². The number of hydrogen-bond acceptors (Lipinski definition) is 4. The Morgan fingerprint density at radius 2 is 2.00 bits per heavy atom. The third-order valence-corrected chi connectivity index (χ3v) is 1.94. The summed E-state index contributed by atoms with van der Waals surface area (Å²) >= 11 is 0. The Labute approximate surface area is 106 Å². The van der Waals surface area contributed by atoms with Crippen molar-refractivity contribution in [3.05, 3.63) is 24.7 Å². The minimum absolute atomic E-state index is 0.624. The van der Waals surface area contributed by atoms with Gasteiger partial charge >= 0.3 is 0 Å². The van der Waals surface area contributed by atoms with E-state index in [2.05, 4.69) is 28.4 Å². The van der Waals surface area contributed by atoms with Crippen LogP contribution in [0.15, 0.2) is 24.7 Å². The highest BCUT2D eigenvalue weighted by molar-refractivity contribution is 7.85. The highest BCUT2D eigenvalue weighted by Gasteiger charge is 2.03. The molecule has 100 valence electrons. The number of pyridine rings is 1. The molecule has 0 amide bonds. The zero-order chi connectivity index (χ0) is 13.8. The lowest BCUT2D eigenvalue weighted by atomic mass is 10.2. The molecule has 0 bridgehead atoms. The summed E-state index contributed by atoms with van der Waals surface area (Å²) in [6, 6.07) is 3.90. The summed E-state index contributed by atoms with van der Waals surface area (Å²) in [5.41, 5.74) is 1.96. The fourth-order valence-electron chi connectivity index (χ4n) is 1.42. The molecule has 0 atom stereocenters. The van der Waals surface area contributed by atoms with Crippen LogP contribution in [-0.4, -0.2) is 33.8 Å². The van der Waals surface area contributed by atoms with Crippen LogP contribution in [0.2, 0.25) is 0 Å². The van der Waals surface area contributed by atoms with E-state index < -0.39 is 10.1 Å². The topological polar surface area (TPSA) is 85.1 Å². The zero-order valence-electron chi connectivity index (χ0n) is 10.6. The number of aromatic nitrogens is 3. The summed E-state index contributed by atoms with van der Waals surface area (Å²) in [6.07, 6.45) is 4.38. The van der Waals surface area contributed by atoms with Crippen LogP contribution in [0.3, 0.4) is 0 Å². The minimum Gasteiger partial charge on any atom is -0.315 e. The Kier molecular flexibility index (Phi) is 4.80. The molecule has 0 fully saturated rings. The smallest absolute Gasteiger partial charge is 0.261 e. The van der Waals surface area contributed by atoms with Gasteiger partial charge in [0.2, 0.25) is 0 Å². The fourth-order valence-corrected chi connectivity index (χ4v) is 1.42. The van der Waals surface area contributed by atoms with Crippen molar-refractivity contribution in [2.75, 3.05) is 6.26 Å².